The minimum Gasteiger partial charge on any atom is -0.484 e. The van der Waals surface area contributed by atoms with Gasteiger partial charge in [-0.15, -0.1) is 0 Å². The molecule has 0 unspecified atom stereocenters. The summed E-state index contributed by atoms with van der Waals surface area (Å²) >= 11 is 0. The summed E-state index contributed by atoms with van der Waals surface area (Å²) < 4.78 is 10.5. The molecule has 0 saturated carbocycles. The predicted octanol–water partition coefficient (Wildman–Crippen LogP) is 3.06. The van der Waals surface area contributed by atoms with Crippen LogP contribution in [0.1, 0.15) is 5.56 Å². The zero-order valence-electron chi connectivity index (χ0n) is 12.5. The van der Waals surface area contributed by atoms with Gasteiger partial charge in [-0.1, -0.05) is 22.9 Å². The minimum absolute atomic E-state index is 0.105. The first-order valence-electron chi connectivity index (χ1n) is 7.07. The molecule has 0 radical (unpaired) electrons. The summed E-state index contributed by atoms with van der Waals surface area (Å²) in [6.07, 6.45) is 3.35. The van der Waals surface area contributed by atoms with Gasteiger partial charge in [0, 0.05) is 24.0 Å². The molecule has 0 aliphatic heterocycles. The molecule has 3 rings (SSSR count). The summed E-state index contributed by atoms with van der Waals surface area (Å²) in [5, 5.41) is 6.50. The Morgan fingerprint density at radius 1 is 1.26 bits per heavy atom. The first kappa shape index (κ1) is 14.8. The lowest BCUT2D eigenvalue weighted by atomic mass is 10.2. The topological polar surface area (TPSA) is 77.2 Å². The van der Waals surface area contributed by atoms with Crippen molar-refractivity contribution in [3.05, 3.63) is 60.4 Å². The quantitative estimate of drug-likeness (QED) is 0.783. The molecule has 2 aromatic heterocycles. The number of ether oxygens (including phenoxy) is 1. The van der Waals surface area contributed by atoms with Crippen LogP contribution < -0.4 is 10.1 Å². The van der Waals surface area contributed by atoms with Crippen LogP contribution in [-0.4, -0.2) is 22.7 Å². The van der Waals surface area contributed by atoms with Gasteiger partial charge in [-0.25, -0.2) is 0 Å². The van der Waals surface area contributed by atoms with Gasteiger partial charge in [-0.3, -0.25) is 15.1 Å². The average molecular weight is 309 g/mol. The van der Waals surface area contributed by atoms with Gasteiger partial charge in [0.05, 0.1) is 0 Å². The first-order valence-corrected chi connectivity index (χ1v) is 7.07. The molecular weight excluding hydrogens is 294 g/mol. The van der Waals surface area contributed by atoms with E-state index < -0.39 is 0 Å². The van der Waals surface area contributed by atoms with Crippen LogP contribution in [0.3, 0.4) is 0 Å². The Hall–Kier alpha value is -3.15. The second-order valence-corrected chi connectivity index (χ2v) is 4.97. The Labute approximate surface area is 133 Å². The van der Waals surface area contributed by atoms with E-state index in [0.29, 0.717) is 11.4 Å². The molecule has 23 heavy (non-hydrogen) atoms. The monoisotopic (exact) mass is 309 g/mol. The van der Waals surface area contributed by atoms with Crippen molar-refractivity contribution in [2.75, 3.05) is 11.9 Å². The number of hydrogen-bond donors (Lipinski definition) is 1. The Kier molecular flexibility index (Phi) is 4.33. The van der Waals surface area contributed by atoms with Crippen LogP contribution in [0, 0.1) is 6.92 Å². The van der Waals surface area contributed by atoms with E-state index in [-0.39, 0.29) is 18.4 Å². The van der Waals surface area contributed by atoms with Crippen molar-refractivity contribution in [1.82, 2.24) is 10.1 Å². The van der Waals surface area contributed by atoms with Crippen LogP contribution in [0.2, 0.25) is 0 Å². The van der Waals surface area contributed by atoms with Crippen LogP contribution in [-0.2, 0) is 4.79 Å². The van der Waals surface area contributed by atoms with Crippen LogP contribution in [0.15, 0.2) is 59.4 Å². The highest BCUT2D eigenvalue weighted by atomic mass is 16.5. The molecule has 3 aromatic rings. The van der Waals surface area contributed by atoms with Crippen molar-refractivity contribution < 1.29 is 14.1 Å². The fraction of sp³-hybridized carbons (Fsp3) is 0.118. The zero-order chi connectivity index (χ0) is 16.1. The third-order valence-corrected chi connectivity index (χ3v) is 3.12. The number of anilines is 1. The van der Waals surface area contributed by atoms with E-state index in [1.807, 2.05) is 37.3 Å². The van der Waals surface area contributed by atoms with Gasteiger partial charge in [0.1, 0.15) is 11.4 Å². The second kappa shape index (κ2) is 6.74. The van der Waals surface area contributed by atoms with Crippen molar-refractivity contribution in [3.63, 3.8) is 0 Å². The Morgan fingerprint density at radius 3 is 2.83 bits per heavy atom. The van der Waals surface area contributed by atoms with Crippen molar-refractivity contribution in [2.45, 2.75) is 6.92 Å². The SMILES string of the molecule is Cc1ccc(OCC(=O)Nc2cc(-c3cccnc3)no2)cc1. The van der Waals surface area contributed by atoms with Gasteiger partial charge < -0.3 is 9.26 Å². The van der Waals surface area contributed by atoms with E-state index in [0.717, 1.165) is 11.1 Å². The lowest BCUT2D eigenvalue weighted by Crippen LogP contribution is -2.19. The first-order chi connectivity index (χ1) is 11.2. The number of carbonyl (C=O) groups excluding carboxylic acids is 1. The number of hydrogen-bond acceptors (Lipinski definition) is 5. The fourth-order valence-corrected chi connectivity index (χ4v) is 1.94. The fourth-order valence-electron chi connectivity index (χ4n) is 1.94. The number of benzene rings is 1. The average Bonchev–Trinajstić information content (AvgIpc) is 3.04. The van der Waals surface area contributed by atoms with Gasteiger partial charge in [-0.05, 0) is 31.2 Å². The van der Waals surface area contributed by atoms with Gasteiger partial charge in [0.15, 0.2) is 6.61 Å². The summed E-state index contributed by atoms with van der Waals surface area (Å²) in [5.41, 5.74) is 2.55. The number of pyridine rings is 1. The van der Waals surface area contributed by atoms with Gasteiger partial charge in [0.25, 0.3) is 5.91 Å². The standard InChI is InChI=1S/C17H15N3O3/c1-12-4-6-14(7-5-12)22-11-16(21)19-17-9-15(20-23-17)13-3-2-8-18-10-13/h2-10H,11H2,1H3,(H,19,21). The van der Waals surface area contributed by atoms with E-state index in [9.17, 15) is 4.79 Å². The number of rotatable bonds is 5. The highest BCUT2D eigenvalue weighted by Gasteiger charge is 2.10. The number of amides is 1. The summed E-state index contributed by atoms with van der Waals surface area (Å²) in [6, 6.07) is 12.8. The summed E-state index contributed by atoms with van der Waals surface area (Å²) in [7, 11) is 0. The molecule has 116 valence electrons. The Bertz CT molecular complexity index is 782. The third-order valence-electron chi connectivity index (χ3n) is 3.12. The number of nitrogens with one attached hydrogen (secondary N) is 1. The number of aromatic nitrogens is 2. The number of carbonyl (C=O) groups is 1. The normalized spacial score (nSPS) is 10.3. The molecule has 0 atom stereocenters. The Morgan fingerprint density at radius 2 is 2.09 bits per heavy atom. The Balaban J connectivity index is 1.56. The number of nitrogens with zero attached hydrogens (tertiary/aromatic N) is 2. The molecule has 1 N–H and O–H groups in total. The van der Waals surface area contributed by atoms with Crippen LogP contribution >= 0.6 is 0 Å². The number of aryl methyl sites for hydroxylation is 1. The molecule has 0 fully saturated rings. The molecular formula is C17H15N3O3. The summed E-state index contributed by atoms with van der Waals surface area (Å²) in [5.74, 6) is 0.584. The second-order valence-electron chi connectivity index (χ2n) is 4.97. The molecule has 0 spiro atoms. The lowest BCUT2D eigenvalue weighted by Gasteiger charge is -2.05. The summed E-state index contributed by atoms with van der Waals surface area (Å²) in [6.45, 7) is 1.88. The molecule has 6 nitrogen and oxygen atoms in total. The smallest absolute Gasteiger partial charge is 0.264 e. The van der Waals surface area contributed by atoms with Gasteiger partial charge in [-0.2, -0.15) is 0 Å². The van der Waals surface area contributed by atoms with Crippen LogP contribution in [0.25, 0.3) is 11.3 Å². The largest absolute Gasteiger partial charge is 0.484 e. The zero-order valence-corrected chi connectivity index (χ0v) is 12.5. The van der Waals surface area contributed by atoms with Crippen LogP contribution in [0.4, 0.5) is 5.88 Å². The molecule has 0 aliphatic carbocycles. The van der Waals surface area contributed by atoms with Crippen molar-refractivity contribution in [3.8, 4) is 17.0 Å². The minimum atomic E-state index is -0.320. The highest BCUT2D eigenvalue weighted by Crippen LogP contribution is 2.20. The van der Waals surface area contributed by atoms with E-state index in [1.165, 1.54) is 0 Å². The van der Waals surface area contributed by atoms with E-state index in [4.69, 9.17) is 9.26 Å². The van der Waals surface area contributed by atoms with Crippen molar-refractivity contribution in [1.29, 1.82) is 0 Å². The van der Waals surface area contributed by atoms with E-state index in [1.54, 1.807) is 24.5 Å². The van der Waals surface area contributed by atoms with Gasteiger partial charge >= 0.3 is 0 Å². The lowest BCUT2D eigenvalue weighted by molar-refractivity contribution is -0.118. The predicted molar refractivity (Wildman–Crippen MR) is 85.0 cm³/mol. The summed E-state index contributed by atoms with van der Waals surface area (Å²) in [4.78, 5) is 15.9. The molecule has 0 aliphatic rings. The molecule has 2 heterocycles. The van der Waals surface area contributed by atoms with Crippen molar-refractivity contribution in [2.24, 2.45) is 0 Å². The maximum Gasteiger partial charge on any atom is 0.264 e. The molecule has 1 aromatic carbocycles. The van der Waals surface area contributed by atoms with E-state index in [2.05, 4.69) is 15.5 Å². The highest BCUT2D eigenvalue weighted by molar-refractivity contribution is 5.91. The molecule has 0 saturated heterocycles. The molecule has 0 bridgehead atoms. The van der Waals surface area contributed by atoms with Gasteiger partial charge in [0.2, 0.25) is 5.88 Å². The third kappa shape index (κ3) is 3.94. The van der Waals surface area contributed by atoms with E-state index >= 15 is 0 Å². The molecule has 6 heteroatoms. The van der Waals surface area contributed by atoms with Crippen molar-refractivity contribution >= 4 is 11.8 Å². The molecule has 1 amide bonds. The van der Waals surface area contributed by atoms with Crippen LogP contribution in [0.5, 0.6) is 5.75 Å². The maximum absolute atomic E-state index is 11.9. The maximum atomic E-state index is 11.9.